The molecule has 110 valence electrons. The minimum atomic E-state index is -0.0241. The standard InChI is InChI=1S/C14H26N2O2S/c1-17-14(4-2-5-14)12(16-15)11-3-7-18-13(9-11)6-8-19-10-13/h11-12,16H,2-10,15H2,1H3. The van der Waals surface area contributed by atoms with Crippen LogP contribution in [0.3, 0.4) is 0 Å². The number of methoxy groups -OCH3 is 1. The van der Waals surface area contributed by atoms with E-state index >= 15 is 0 Å². The molecule has 1 spiro atoms. The van der Waals surface area contributed by atoms with E-state index in [0.717, 1.165) is 38.0 Å². The molecule has 4 nitrogen and oxygen atoms in total. The first-order valence-electron chi connectivity index (χ1n) is 7.47. The summed E-state index contributed by atoms with van der Waals surface area (Å²) in [6, 6.07) is 0.276. The Hall–Kier alpha value is 0.190. The van der Waals surface area contributed by atoms with Crippen molar-refractivity contribution >= 4 is 11.8 Å². The molecule has 3 N–H and O–H groups in total. The van der Waals surface area contributed by atoms with Crippen LogP contribution in [-0.4, -0.2) is 42.5 Å². The Labute approximate surface area is 120 Å². The highest BCUT2D eigenvalue weighted by atomic mass is 32.2. The SMILES string of the molecule is COC1(C(NN)C2CCOC3(CCSC3)C2)CCC1. The fraction of sp³-hybridized carbons (Fsp3) is 1.00. The highest BCUT2D eigenvalue weighted by Crippen LogP contribution is 2.46. The summed E-state index contributed by atoms with van der Waals surface area (Å²) in [4.78, 5) is 0. The molecule has 5 heteroatoms. The van der Waals surface area contributed by atoms with E-state index < -0.39 is 0 Å². The van der Waals surface area contributed by atoms with Crippen LogP contribution in [0.5, 0.6) is 0 Å². The van der Waals surface area contributed by atoms with Crippen LogP contribution in [0.25, 0.3) is 0 Å². The van der Waals surface area contributed by atoms with E-state index in [4.69, 9.17) is 15.3 Å². The lowest BCUT2D eigenvalue weighted by Gasteiger charge is -2.51. The molecular formula is C14H26N2O2S. The lowest BCUT2D eigenvalue weighted by molar-refractivity contribution is -0.142. The van der Waals surface area contributed by atoms with Crippen molar-refractivity contribution in [3.05, 3.63) is 0 Å². The van der Waals surface area contributed by atoms with Crippen LogP contribution in [0, 0.1) is 5.92 Å². The number of ether oxygens (including phenoxy) is 2. The average Bonchev–Trinajstić information content (AvgIpc) is 2.81. The summed E-state index contributed by atoms with van der Waals surface area (Å²) in [5.41, 5.74) is 3.19. The molecule has 0 aromatic carbocycles. The summed E-state index contributed by atoms with van der Waals surface area (Å²) in [6.45, 7) is 0.878. The van der Waals surface area contributed by atoms with Crippen molar-refractivity contribution in [2.24, 2.45) is 11.8 Å². The predicted octanol–water partition coefficient (Wildman–Crippen LogP) is 1.69. The third kappa shape index (κ3) is 2.44. The zero-order chi connectivity index (χ0) is 13.3. The summed E-state index contributed by atoms with van der Waals surface area (Å²) in [7, 11) is 1.84. The lowest BCUT2D eigenvalue weighted by Crippen LogP contribution is -2.63. The second-order valence-electron chi connectivity index (χ2n) is 6.35. The molecule has 3 fully saturated rings. The largest absolute Gasteiger partial charge is 0.377 e. The molecule has 0 aromatic rings. The number of thioether (sulfide) groups is 1. The minimum Gasteiger partial charge on any atom is -0.377 e. The van der Waals surface area contributed by atoms with Crippen molar-refractivity contribution in [3.8, 4) is 0 Å². The van der Waals surface area contributed by atoms with Gasteiger partial charge in [-0.3, -0.25) is 11.3 Å². The monoisotopic (exact) mass is 286 g/mol. The Bertz CT molecular complexity index is 311. The summed E-state index contributed by atoms with van der Waals surface area (Å²) in [6.07, 6.45) is 6.98. The van der Waals surface area contributed by atoms with E-state index in [1.807, 2.05) is 18.9 Å². The molecule has 19 heavy (non-hydrogen) atoms. The molecular weight excluding hydrogens is 260 g/mol. The first kappa shape index (κ1) is 14.1. The normalized spacial score (nSPS) is 39.2. The van der Waals surface area contributed by atoms with Crippen molar-refractivity contribution in [1.29, 1.82) is 0 Å². The molecule has 3 unspecified atom stereocenters. The third-order valence-electron chi connectivity index (χ3n) is 5.42. The zero-order valence-electron chi connectivity index (χ0n) is 11.8. The van der Waals surface area contributed by atoms with Crippen molar-refractivity contribution in [2.75, 3.05) is 25.2 Å². The molecule has 2 heterocycles. The highest BCUT2D eigenvalue weighted by molar-refractivity contribution is 7.99. The van der Waals surface area contributed by atoms with E-state index in [1.165, 1.54) is 18.6 Å². The maximum absolute atomic E-state index is 6.12. The first-order chi connectivity index (χ1) is 9.24. The number of nitrogens with one attached hydrogen (secondary N) is 1. The number of rotatable bonds is 4. The number of nitrogens with two attached hydrogens (primary N) is 1. The van der Waals surface area contributed by atoms with Gasteiger partial charge in [0.05, 0.1) is 17.2 Å². The van der Waals surface area contributed by atoms with Gasteiger partial charge in [-0.1, -0.05) is 0 Å². The van der Waals surface area contributed by atoms with Gasteiger partial charge in [-0.15, -0.1) is 0 Å². The van der Waals surface area contributed by atoms with Crippen molar-refractivity contribution in [1.82, 2.24) is 5.43 Å². The second-order valence-corrected chi connectivity index (χ2v) is 7.46. The fourth-order valence-corrected chi connectivity index (χ4v) is 5.48. The van der Waals surface area contributed by atoms with Gasteiger partial charge in [-0.25, -0.2) is 0 Å². The molecule has 0 radical (unpaired) electrons. The van der Waals surface area contributed by atoms with Gasteiger partial charge in [0.2, 0.25) is 0 Å². The maximum Gasteiger partial charge on any atom is 0.0847 e. The quantitative estimate of drug-likeness (QED) is 0.608. The smallest absolute Gasteiger partial charge is 0.0847 e. The average molecular weight is 286 g/mol. The van der Waals surface area contributed by atoms with Gasteiger partial charge < -0.3 is 9.47 Å². The van der Waals surface area contributed by atoms with Gasteiger partial charge in [0.1, 0.15) is 0 Å². The predicted molar refractivity (Wildman–Crippen MR) is 78.1 cm³/mol. The van der Waals surface area contributed by atoms with Crippen LogP contribution in [0.15, 0.2) is 0 Å². The van der Waals surface area contributed by atoms with E-state index in [-0.39, 0.29) is 17.2 Å². The van der Waals surface area contributed by atoms with Gasteiger partial charge in [0, 0.05) is 19.5 Å². The summed E-state index contributed by atoms with van der Waals surface area (Å²) in [5.74, 6) is 8.86. The molecule has 1 saturated carbocycles. The molecule has 3 atom stereocenters. The van der Waals surface area contributed by atoms with Crippen molar-refractivity contribution < 1.29 is 9.47 Å². The molecule has 2 aliphatic heterocycles. The van der Waals surface area contributed by atoms with Crippen molar-refractivity contribution in [3.63, 3.8) is 0 Å². The minimum absolute atomic E-state index is 0.0241. The summed E-state index contributed by atoms with van der Waals surface area (Å²) >= 11 is 2.03. The van der Waals surface area contributed by atoms with Gasteiger partial charge in [0.25, 0.3) is 0 Å². The van der Waals surface area contributed by atoms with Crippen molar-refractivity contribution in [2.45, 2.75) is 55.8 Å². The molecule has 0 aromatic heterocycles. The molecule has 3 aliphatic rings. The number of hydrogen-bond acceptors (Lipinski definition) is 5. The van der Waals surface area contributed by atoms with Crippen LogP contribution >= 0.6 is 11.8 Å². The molecule has 0 bridgehead atoms. The second kappa shape index (κ2) is 5.53. The van der Waals surface area contributed by atoms with E-state index in [0.29, 0.717) is 5.92 Å². The van der Waals surface area contributed by atoms with Gasteiger partial charge in [-0.2, -0.15) is 11.8 Å². The Morgan fingerprint density at radius 1 is 1.42 bits per heavy atom. The zero-order valence-corrected chi connectivity index (χ0v) is 12.6. The third-order valence-corrected chi connectivity index (χ3v) is 6.65. The Balaban J connectivity index is 1.72. The topological polar surface area (TPSA) is 56.5 Å². The molecule has 1 aliphatic carbocycles. The lowest BCUT2D eigenvalue weighted by atomic mass is 9.67. The maximum atomic E-state index is 6.12. The van der Waals surface area contributed by atoms with E-state index in [2.05, 4.69) is 5.43 Å². The van der Waals surface area contributed by atoms with Crippen LogP contribution in [-0.2, 0) is 9.47 Å². The summed E-state index contributed by atoms with van der Waals surface area (Å²) in [5, 5.41) is 0. The van der Waals surface area contributed by atoms with Gasteiger partial charge in [0.15, 0.2) is 0 Å². The highest BCUT2D eigenvalue weighted by Gasteiger charge is 2.51. The van der Waals surface area contributed by atoms with Crippen LogP contribution in [0.4, 0.5) is 0 Å². The van der Waals surface area contributed by atoms with Crippen LogP contribution in [0.2, 0.25) is 0 Å². The number of hydrogen-bond donors (Lipinski definition) is 2. The Morgan fingerprint density at radius 2 is 2.26 bits per heavy atom. The van der Waals surface area contributed by atoms with E-state index in [9.17, 15) is 0 Å². The number of hydrazine groups is 1. The van der Waals surface area contributed by atoms with Gasteiger partial charge >= 0.3 is 0 Å². The van der Waals surface area contributed by atoms with Crippen LogP contribution < -0.4 is 11.3 Å². The summed E-state index contributed by atoms with van der Waals surface area (Å²) < 4.78 is 12.0. The Kier molecular flexibility index (Phi) is 4.11. The first-order valence-corrected chi connectivity index (χ1v) is 8.62. The fourth-order valence-electron chi connectivity index (χ4n) is 4.10. The van der Waals surface area contributed by atoms with Gasteiger partial charge in [-0.05, 0) is 50.2 Å². The molecule has 0 amide bonds. The molecule has 2 saturated heterocycles. The van der Waals surface area contributed by atoms with Crippen LogP contribution in [0.1, 0.15) is 38.5 Å². The molecule has 3 rings (SSSR count). The Morgan fingerprint density at radius 3 is 2.79 bits per heavy atom. The van der Waals surface area contributed by atoms with E-state index in [1.54, 1.807) is 0 Å².